The molecule has 0 aliphatic heterocycles. The number of rotatable bonds is 0. The number of benzene rings is 2. The van der Waals surface area contributed by atoms with Crippen LogP contribution in [0.3, 0.4) is 0 Å². The van der Waals surface area contributed by atoms with E-state index in [0.29, 0.717) is 0 Å². The van der Waals surface area contributed by atoms with Gasteiger partial charge >= 0.3 is 26.2 Å². The SMILES string of the molecule is CO.CO.[Zr+2].c1ccc2[cH-]ccc2c1.c1ccc2[cH-]ccc2c1. The molecule has 0 aliphatic carbocycles. The summed E-state index contributed by atoms with van der Waals surface area (Å²) in [5.74, 6) is 0. The molecule has 0 fully saturated rings. The average Bonchev–Trinajstić information content (AvgIpc) is 3.28. The maximum absolute atomic E-state index is 7.00. The van der Waals surface area contributed by atoms with Gasteiger partial charge in [-0.3, -0.25) is 0 Å². The zero-order valence-corrected chi connectivity index (χ0v) is 15.9. The molecule has 0 heterocycles. The second-order valence-electron chi connectivity index (χ2n) is 4.31. The molecule has 2 N–H and O–H groups in total. The summed E-state index contributed by atoms with van der Waals surface area (Å²) in [5.41, 5.74) is 0. The van der Waals surface area contributed by atoms with Gasteiger partial charge in [-0.1, -0.05) is 12.1 Å². The van der Waals surface area contributed by atoms with Crippen molar-refractivity contribution in [1.29, 1.82) is 0 Å². The Morgan fingerprint density at radius 1 is 0.565 bits per heavy atom. The first-order valence-electron chi connectivity index (χ1n) is 7.04. The van der Waals surface area contributed by atoms with Crippen molar-refractivity contribution >= 4 is 21.5 Å². The first-order chi connectivity index (χ1) is 10.9. The molecule has 4 aromatic rings. The fourth-order valence-corrected chi connectivity index (χ4v) is 2.14. The number of aliphatic hydroxyl groups excluding tert-OH is 2. The molecule has 0 spiro atoms. The summed E-state index contributed by atoms with van der Waals surface area (Å²) >= 11 is 0. The van der Waals surface area contributed by atoms with Crippen molar-refractivity contribution < 1.29 is 36.4 Å². The third kappa shape index (κ3) is 6.62. The monoisotopic (exact) mass is 384 g/mol. The molecule has 0 unspecified atom stereocenters. The van der Waals surface area contributed by atoms with E-state index in [1.807, 2.05) is 0 Å². The summed E-state index contributed by atoms with van der Waals surface area (Å²) in [4.78, 5) is 0. The number of hydrogen-bond acceptors (Lipinski definition) is 2. The minimum absolute atomic E-state index is 0. The smallest absolute Gasteiger partial charge is 0.400 e. The predicted octanol–water partition coefficient (Wildman–Crippen LogP) is 4.33. The molecular weight excluding hydrogens is 363 g/mol. The van der Waals surface area contributed by atoms with Gasteiger partial charge < -0.3 is 10.2 Å². The minimum atomic E-state index is 0. The third-order valence-corrected chi connectivity index (χ3v) is 3.10. The number of aliphatic hydroxyl groups is 2. The summed E-state index contributed by atoms with van der Waals surface area (Å²) < 4.78 is 0. The molecular formula is C20H22O2Zr. The Bertz CT molecular complexity index is 630. The van der Waals surface area contributed by atoms with Gasteiger partial charge in [0.2, 0.25) is 0 Å². The Morgan fingerprint density at radius 3 is 1.26 bits per heavy atom. The van der Waals surface area contributed by atoms with E-state index in [-0.39, 0.29) is 26.2 Å². The van der Waals surface area contributed by atoms with Gasteiger partial charge in [0, 0.05) is 14.2 Å². The molecule has 0 bridgehead atoms. The van der Waals surface area contributed by atoms with E-state index < -0.39 is 0 Å². The van der Waals surface area contributed by atoms with Crippen LogP contribution in [0.5, 0.6) is 0 Å². The van der Waals surface area contributed by atoms with Crippen LogP contribution in [0.25, 0.3) is 21.5 Å². The second-order valence-corrected chi connectivity index (χ2v) is 4.31. The van der Waals surface area contributed by atoms with Gasteiger partial charge in [-0.05, 0) is 0 Å². The first-order valence-corrected chi connectivity index (χ1v) is 7.04. The maximum atomic E-state index is 7.00. The number of hydrogen-bond donors (Lipinski definition) is 2. The summed E-state index contributed by atoms with van der Waals surface area (Å²) in [6.07, 6.45) is 0. The fraction of sp³-hybridized carbons (Fsp3) is 0.100. The van der Waals surface area contributed by atoms with Crippen LogP contribution in [-0.4, -0.2) is 24.4 Å². The molecule has 3 heteroatoms. The Hall–Kier alpha value is -1.54. The van der Waals surface area contributed by atoms with Crippen molar-refractivity contribution in [3.8, 4) is 0 Å². The van der Waals surface area contributed by atoms with E-state index in [1.54, 1.807) is 0 Å². The molecule has 0 aliphatic rings. The van der Waals surface area contributed by atoms with Crippen molar-refractivity contribution in [3.63, 3.8) is 0 Å². The molecule has 0 atom stereocenters. The molecule has 0 aromatic heterocycles. The van der Waals surface area contributed by atoms with Gasteiger partial charge in [0.25, 0.3) is 0 Å². The van der Waals surface area contributed by atoms with Crippen LogP contribution in [-0.2, 0) is 26.2 Å². The molecule has 118 valence electrons. The number of fused-ring (bicyclic) bond motifs is 2. The van der Waals surface area contributed by atoms with E-state index in [2.05, 4.69) is 84.9 Å². The van der Waals surface area contributed by atoms with Gasteiger partial charge in [0.15, 0.2) is 0 Å². The average molecular weight is 386 g/mol. The normalized spacial score (nSPS) is 8.52. The van der Waals surface area contributed by atoms with Crippen LogP contribution in [0.4, 0.5) is 0 Å². The van der Waals surface area contributed by atoms with Gasteiger partial charge in [-0.25, -0.2) is 0 Å². The maximum Gasteiger partial charge on any atom is 2.00 e. The van der Waals surface area contributed by atoms with Crippen LogP contribution in [0, 0.1) is 0 Å². The van der Waals surface area contributed by atoms with E-state index >= 15 is 0 Å². The summed E-state index contributed by atoms with van der Waals surface area (Å²) in [7, 11) is 2.00. The largest absolute Gasteiger partial charge is 2.00 e. The Kier molecular flexibility index (Phi) is 12.1. The third-order valence-electron chi connectivity index (χ3n) is 3.10. The summed E-state index contributed by atoms with van der Waals surface area (Å²) in [5, 5.41) is 19.3. The predicted molar refractivity (Wildman–Crippen MR) is 95.4 cm³/mol. The van der Waals surface area contributed by atoms with Gasteiger partial charge in [-0.2, -0.15) is 35.0 Å². The van der Waals surface area contributed by atoms with Crippen molar-refractivity contribution in [2.24, 2.45) is 0 Å². The van der Waals surface area contributed by atoms with Crippen LogP contribution in [0.15, 0.2) is 84.9 Å². The topological polar surface area (TPSA) is 40.5 Å². The van der Waals surface area contributed by atoms with E-state index in [0.717, 1.165) is 14.2 Å². The molecule has 0 amide bonds. The van der Waals surface area contributed by atoms with Gasteiger partial charge in [0.05, 0.1) is 0 Å². The Labute approximate surface area is 156 Å². The molecule has 23 heavy (non-hydrogen) atoms. The fourth-order valence-electron chi connectivity index (χ4n) is 2.14. The standard InChI is InChI=1S/2C9H7.2CH4O.Zr/c2*1-2-5-9-7-3-6-8(9)4-1;2*1-2;/h2*1-7H;2*2H,1H3;/q2*-1;;;+2. The quantitative estimate of drug-likeness (QED) is 0.442. The van der Waals surface area contributed by atoms with Crippen molar-refractivity contribution in [1.82, 2.24) is 0 Å². The van der Waals surface area contributed by atoms with Crippen molar-refractivity contribution in [3.05, 3.63) is 84.9 Å². The molecule has 4 aromatic carbocycles. The van der Waals surface area contributed by atoms with Crippen molar-refractivity contribution in [2.75, 3.05) is 14.2 Å². The second kappa shape index (κ2) is 13.0. The molecule has 2 nitrogen and oxygen atoms in total. The van der Waals surface area contributed by atoms with Crippen molar-refractivity contribution in [2.45, 2.75) is 0 Å². The molecule has 0 radical (unpaired) electrons. The van der Waals surface area contributed by atoms with Gasteiger partial charge in [0.1, 0.15) is 0 Å². The first kappa shape index (κ1) is 21.5. The van der Waals surface area contributed by atoms with E-state index in [4.69, 9.17) is 10.2 Å². The van der Waals surface area contributed by atoms with Crippen LogP contribution < -0.4 is 0 Å². The zero-order chi connectivity index (χ0) is 16.2. The van der Waals surface area contributed by atoms with E-state index in [1.165, 1.54) is 21.5 Å². The van der Waals surface area contributed by atoms with E-state index in [9.17, 15) is 0 Å². The zero-order valence-electron chi connectivity index (χ0n) is 13.5. The summed E-state index contributed by atoms with van der Waals surface area (Å²) in [6, 6.07) is 29.3. The summed E-state index contributed by atoms with van der Waals surface area (Å²) in [6.45, 7) is 0. The van der Waals surface area contributed by atoms with Crippen LogP contribution in [0.2, 0.25) is 0 Å². The molecule has 4 rings (SSSR count). The van der Waals surface area contributed by atoms with Crippen LogP contribution >= 0.6 is 0 Å². The Balaban J connectivity index is 0.000000335. The van der Waals surface area contributed by atoms with Gasteiger partial charge in [-0.15, -0.1) is 59.3 Å². The van der Waals surface area contributed by atoms with Crippen LogP contribution in [0.1, 0.15) is 0 Å². The molecule has 0 saturated carbocycles. The molecule has 0 saturated heterocycles. The minimum Gasteiger partial charge on any atom is -0.400 e. The Morgan fingerprint density at radius 2 is 0.913 bits per heavy atom.